The molecule has 0 aliphatic carbocycles. The van der Waals surface area contributed by atoms with E-state index in [1.165, 1.54) is 19.2 Å². The van der Waals surface area contributed by atoms with Gasteiger partial charge < -0.3 is 15.4 Å². The third-order valence-corrected chi connectivity index (χ3v) is 5.80. The van der Waals surface area contributed by atoms with Crippen LogP contribution < -0.4 is 10.6 Å². The lowest BCUT2D eigenvalue weighted by Gasteiger charge is -2.30. The molecule has 23 heavy (non-hydrogen) atoms. The number of carbonyl (C=O) groups excluding carboxylic acids is 1. The minimum atomic E-state index is -3.37. The second-order valence-corrected chi connectivity index (χ2v) is 7.91. The zero-order chi connectivity index (χ0) is 16.9. The highest BCUT2D eigenvalue weighted by Crippen LogP contribution is 2.14. The predicted molar refractivity (Wildman–Crippen MR) is 88.3 cm³/mol. The summed E-state index contributed by atoms with van der Waals surface area (Å²) in [7, 11) is -1.91. The van der Waals surface area contributed by atoms with E-state index in [-0.39, 0.29) is 35.2 Å². The van der Waals surface area contributed by atoms with Crippen molar-refractivity contribution in [1.29, 1.82) is 0 Å². The van der Waals surface area contributed by atoms with Crippen LogP contribution in [0.4, 0.5) is 0 Å². The van der Waals surface area contributed by atoms with Crippen LogP contribution in [-0.2, 0) is 14.6 Å². The van der Waals surface area contributed by atoms with E-state index in [1.807, 2.05) is 0 Å². The quantitative estimate of drug-likeness (QED) is 0.806. The van der Waals surface area contributed by atoms with E-state index in [4.69, 9.17) is 4.74 Å². The summed E-state index contributed by atoms with van der Waals surface area (Å²) in [6.45, 7) is 3.17. The molecule has 7 heteroatoms. The summed E-state index contributed by atoms with van der Waals surface area (Å²) in [5, 5.41) is 6.34. The van der Waals surface area contributed by atoms with Crippen molar-refractivity contribution in [3.8, 4) is 0 Å². The molecule has 1 heterocycles. The molecule has 1 aliphatic heterocycles. The maximum atomic E-state index is 12.3. The van der Waals surface area contributed by atoms with Gasteiger partial charge in [-0.05, 0) is 50.6 Å². The molecule has 0 bridgehead atoms. The van der Waals surface area contributed by atoms with Gasteiger partial charge in [0.25, 0.3) is 5.91 Å². The highest BCUT2D eigenvalue weighted by atomic mass is 32.2. The number of nitrogens with one attached hydrogen (secondary N) is 2. The van der Waals surface area contributed by atoms with Gasteiger partial charge in [0.05, 0.1) is 17.3 Å². The van der Waals surface area contributed by atoms with Gasteiger partial charge in [-0.3, -0.25) is 4.79 Å². The fourth-order valence-electron chi connectivity index (χ4n) is 2.62. The first kappa shape index (κ1) is 17.9. The molecule has 1 aromatic rings. The Hall–Kier alpha value is -1.44. The number of piperidine rings is 1. The number of sulfone groups is 1. The lowest BCUT2D eigenvalue weighted by molar-refractivity contribution is 0.0919. The van der Waals surface area contributed by atoms with Crippen LogP contribution in [0.25, 0.3) is 0 Å². The lowest BCUT2D eigenvalue weighted by atomic mass is 9.99. The monoisotopic (exact) mass is 340 g/mol. The van der Waals surface area contributed by atoms with Crippen molar-refractivity contribution >= 4 is 15.7 Å². The van der Waals surface area contributed by atoms with Crippen molar-refractivity contribution in [2.75, 3.05) is 26.0 Å². The number of methoxy groups -OCH3 is 1. The third kappa shape index (κ3) is 4.76. The average molecular weight is 340 g/mol. The molecule has 6 nitrogen and oxygen atoms in total. The molecule has 1 saturated heterocycles. The van der Waals surface area contributed by atoms with Gasteiger partial charge in [0, 0.05) is 24.8 Å². The van der Waals surface area contributed by atoms with Crippen molar-refractivity contribution in [1.82, 2.24) is 10.6 Å². The van der Waals surface area contributed by atoms with E-state index in [0.29, 0.717) is 5.56 Å². The van der Waals surface area contributed by atoms with Crippen molar-refractivity contribution in [2.45, 2.75) is 36.7 Å². The average Bonchev–Trinajstić information content (AvgIpc) is 2.55. The van der Waals surface area contributed by atoms with Crippen LogP contribution in [0.3, 0.4) is 0 Å². The molecule has 1 aromatic carbocycles. The highest BCUT2D eigenvalue weighted by molar-refractivity contribution is 7.91. The second-order valence-electron chi connectivity index (χ2n) is 5.80. The summed E-state index contributed by atoms with van der Waals surface area (Å²) in [6, 6.07) is 6.39. The Kier molecular flexibility index (Phi) is 6.15. The summed E-state index contributed by atoms with van der Waals surface area (Å²) in [5.74, 6) is -0.244. The van der Waals surface area contributed by atoms with Crippen LogP contribution in [0.5, 0.6) is 0 Å². The molecule has 0 radical (unpaired) electrons. The first-order valence-corrected chi connectivity index (χ1v) is 9.45. The van der Waals surface area contributed by atoms with E-state index in [1.54, 1.807) is 12.1 Å². The van der Waals surface area contributed by atoms with Gasteiger partial charge in [0.15, 0.2) is 9.84 Å². The Labute approximate surface area is 137 Å². The molecule has 1 fully saturated rings. The summed E-state index contributed by atoms with van der Waals surface area (Å²) in [6.07, 6.45) is 1.98. The SMILES string of the molecule is COCCS(=O)(=O)c1ccc(C(=O)NC2CCCNC2C)cc1. The second kappa shape index (κ2) is 7.90. The fraction of sp³-hybridized carbons (Fsp3) is 0.562. The van der Waals surface area contributed by atoms with E-state index >= 15 is 0 Å². The van der Waals surface area contributed by atoms with Crippen LogP contribution in [0.1, 0.15) is 30.1 Å². The van der Waals surface area contributed by atoms with Crippen LogP contribution in [0.2, 0.25) is 0 Å². The molecular weight excluding hydrogens is 316 g/mol. The highest BCUT2D eigenvalue weighted by Gasteiger charge is 2.23. The molecular formula is C16H24N2O4S. The first-order chi connectivity index (χ1) is 10.9. The van der Waals surface area contributed by atoms with Crippen molar-refractivity contribution < 1.29 is 17.9 Å². The van der Waals surface area contributed by atoms with Crippen LogP contribution in [0.15, 0.2) is 29.2 Å². The Morgan fingerprint density at radius 2 is 2.04 bits per heavy atom. The van der Waals surface area contributed by atoms with Crippen LogP contribution >= 0.6 is 0 Å². The number of hydrogen-bond donors (Lipinski definition) is 2. The molecule has 1 amide bonds. The van der Waals surface area contributed by atoms with E-state index in [0.717, 1.165) is 19.4 Å². The number of ether oxygens (including phenoxy) is 1. The molecule has 0 aromatic heterocycles. The Morgan fingerprint density at radius 3 is 2.65 bits per heavy atom. The normalized spacial score (nSPS) is 21.8. The smallest absolute Gasteiger partial charge is 0.251 e. The first-order valence-electron chi connectivity index (χ1n) is 7.80. The molecule has 0 saturated carbocycles. The Balaban J connectivity index is 2.02. The Morgan fingerprint density at radius 1 is 1.35 bits per heavy atom. The van der Waals surface area contributed by atoms with Gasteiger partial charge in [-0.1, -0.05) is 0 Å². The minimum Gasteiger partial charge on any atom is -0.384 e. The van der Waals surface area contributed by atoms with Crippen molar-refractivity contribution in [3.63, 3.8) is 0 Å². The lowest BCUT2D eigenvalue weighted by Crippen LogP contribution is -2.51. The van der Waals surface area contributed by atoms with E-state index in [2.05, 4.69) is 17.6 Å². The zero-order valence-electron chi connectivity index (χ0n) is 13.5. The largest absolute Gasteiger partial charge is 0.384 e. The number of benzene rings is 1. The standard InChI is InChI=1S/C16H24N2O4S/c1-12-15(4-3-9-17-12)18-16(19)13-5-7-14(8-6-13)23(20,21)11-10-22-2/h5-8,12,15,17H,3-4,9-11H2,1-2H3,(H,18,19). The topological polar surface area (TPSA) is 84.5 Å². The summed E-state index contributed by atoms with van der Waals surface area (Å²) in [4.78, 5) is 12.5. The Bertz CT molecular complexity index is 628. The summed E-state index contributed by atoms with van der Waals surface area (Å²) < 4.78 is 28.9. The van der Waals surface area contributed by atoms with Gasteiger partial charge in [0.2, 0.25) is 0 Å². The molecule has 128 valence electrons. The van der Waals surface area contributed by atoms with Gasteiger partial charge in [-0.15, -0.1) is 0 Å². The zero-order valence-corrected chi connectivity index (χ0v) is 14.4. The maximum Gasteiger partial charge on any atom is 0.251 e. The number of amides is 1. The van der Waals surface area contributed by atoms with Crippen molar-refractivity contribution in [2.24, 2.45) is 0 Å². The number of hydrogen-bond acceptors (Lipinski definition) is 5. The maximum absolute atomic E-state index is 12.3. The number of rotatable bonds is 6. The van der Waals surface area contributed by atoms with E-state index in [9.17, 15) is 13.2 Å². The van der Waals surface area contributed by atoms with Crippen LogP contribution in [0, 0.1) is 0 Å². The summed E-state index contributed by atoms with van der Waals surface area (Å²) in [5.41, 5.74) is 0.466. The van der Waals surface area contributed by atoms with Gasteiger partial charge in [-0.2, -0.15) is 0 Å². The predicted octanol–water partition coefficient (Wildman–Crippen LogP) is 0.977. The summed E-state index contributed by atoms with van der Waals surface area (Å²) >= 11 is 0. The molecule has 2 rings (SSSR count). The van der Waals surface area contributed by atoms with Gasteiger partial charge >= 0.3 is 0 Å². The fourth-order valence-corrected chi connectivity index (χ4v) is 3.79. The minimum absolute atomic E-state index is 0.0691. The van der Waals surface area contributed by atoms with Gasteiger partial charge in [-0.25, -0.2) is 8.42 Å². The molecule has 1 aliphatic rings. The van der Waals surface area contributed by atoms with Crippen LogP contribution in [-0.4, -0.2) is 52.4 Å². The molecule has 2 atom stereocenters. The molecule has 2 unspecified atom stereocenters. The van der Waals surface area contributed by atoms with E-state index < -0.39 is 9.84 Å². The van der Waals surface area contributed by atoms with Gasteiger partial charge in [0.1, 0.15) is 0 Å². The molecule has 0 spiro atoms. The van der Waals surface area contributed by atoms with Crippen molar-refractivity contribution in [3.05, 3.63) is 29.8 Å². The number of carbonyl (C=O) groups is 1. The molecule has 2 N–H and O–H groups in total. The third-order valence-electron chi connectivity index (χ3n) is 4.11.